The van der Waals surface area contributed by atoms with Crippen molar-refractivity contribution in [1.82, 2.24) is 9.55 Å². The molecular weight excluding hydrogens is 300 g/mol. The van der Waals surface area contributed by atoms with E-state index in [1.807, 2.05) is 18.2 Å². The fourth-order valence-corrected chi connectivity index (χ4v) is 2.07. The Morgan fingerprint density at radius 2 is 2.11 bits per heavy atom. The number of benzene rings is 1. The first-order valence-electron chi connectivity index (χ1n) is 5.36. The van der Waals surface area contributed by atoms with Crippen molar-refractivity contribution in [2.75, 3.05) is 14.2 Å². The third-order valence-electron chi connectivity index (χ3n) is 2.67. The van der Waals surface area contributed by atoms with Gasteiger partial charge < -0.3 is 14.0 Å². The predicted octanol–water partition coefficient (Wildman–Crippen LogP) is 1.78. The second kappa shape index (κ2) is 5.60. The molecular formula is C12H13BrN2O3. The molecule has 2 aromatic rings. The lowest BCUT2D eigenvalue weighted by molar-refractivity contribution is -0.110. The van der Waals surface area contributed by atoms with Crippen molar-refractivity contribution in [2.24, 2.45) is 0 Å². The van der Waals surface area contributed by atoms with E-state index in [4.69, 9.17) is 9.47 Å². The zero-order valence-electron chi connectivity index (χ0n) is 10.1. The van der Waals surface area contributed by atoms with Crippen LogP contribution in [0.4, 0.5) is 0 Å². The molecule has 0 aliphatic carbocycles. The molecule has 0 spiro atoms. The minimum absolute atomic E-state index is 0.177. The SMILES string of the molecule is COC(Cn1c(=O)cnc2cc(Br)ccc21)OC. The molecule has 0 aliphatic rings. The zero-order valence-corrected chi connectivity index (χ0v) is 11.7. The van der Waals surface area contributed by atoms with Gasteiger partial charge in [0.05, 0.1) is 23.8 Å². The minimum Gasteiger partial charge on any atom is -0.354 e. The third-order valence-corrected chi connectivity index (χ3v) is 3.16. The second-order valence-corrected chi connectivity index (χ2v) is 4.66. The van der Waals surface area contributed by atoms with Crippen molar-refractivity contribution in [3.63, 3.8) is 0 Å². The highest BCUT2D eigenvalue weighted by Crippen LogP contribution is 2.17. The number of fused-ring (bicyclic) bond motifs is 1. The maximum absolute atomic E-state index is 11.9. The maximum Gasteiger partial charge on any atom is 0.269 e. The Hall–Kier alpha value is -1.24. The topological polar surface area (TPSA) is 53.4 Å². The molecule has 0 amide bonds. The van der Waals surface area contributed by atoms with E-state index < -0.39 is 6.29 Å². The van der Waals surface area contributed by atoms with Gasteiger partial charge in [0, 0.05) is 18.7 Å². The largest absolute Gasteiger partial charge is 0.354 e. The summed E-state index contributed by atoms with van der Waals surface area (Å²) in [5, 5.41) is 0. The summed E-state index contributed by atoms with van der Waals surface area (Å²) in [4.78, 5) is 16.0. The molecule has 2 rings (SSSR count). The number of hydrogen-bond donors (Lipinski definition) is 0. The Balaban J connectivity index is 2.54. The van der Waals surface area contributed by atoms with Gasteiger partial charge >= 0.3 is 0 Å². The predicted molar refractivity (Wildman–Crippen MR) is 71.5 cm³/mol. The highest BCUT2D eigenvalue weighted by atomic mass is 79.9. The number of methoxy groups -OCH3 is 2. The van der Waals surface area contributed by atoms with Gasteiger partial charge in [-0.15, -0.1) is 0 Å². The molecule has 0 fully saturated rings. The molecule has 0 saturated heterocycles. The number of hydrogen-bond acceptors (Lipinski definition) is 4. The Labute approximate surface area is 112 Å². The summed E-state index contributed by atoms with van der Waals surface area (Å²) in [6.07, 6.45) is 0.842. The highest BCUT2D eigenvalue weighted by molar-refractivity contribution is 9.10. The van der Waals surface area contributed by atoms with Gasteiger partial charge in [-0.3, -0.25) is 4.79 Å². The van der Waals surface area contributed by atoms with Crippen molar-refractivity contribution in [2.45, 2.75) is 12.8 Å². The van der Waals surface area contributed by atoms with Gasteiger partial charge in [0.1, 0.15) is 0 Å². The number of ether oxygens (including phenoxy) is 2. The number of rotatable bonds is 4. The van der Waals surface area contributed by atoms with Crippen molar-refractivity contribution < 1.29 is 9.47 Å². The summed E-state index contributed by atoms with van der Waals surface area (Å²) < 4.78 is 12.7. The van der Waals surface area contributed by atoms with Crippen molar-refractivity contribution in [1.29, 1.82) is 0 Å². The Morgan fingerprint density at radius 3 is 2.78 bits per heavy atom. The van der Waals surface area contributed by atoms with E-state index in [0.29, 0.717) is 6.54 Å². The molecule has 96 valence electrons. The summed E-state index contributed by atoms with van der Waals surface area (Å²) >= 11 is 3.38. The molecule has 0 radical (unpaired) electrons. The van der Waals surface area contributed by atoms with Crippen molar-refractivity contribution in [3.8, 4) is 0 Å². The van der Waals surface area contributed by atoms with E-state index in [9.17, 15) is 4.79 Å². The zero-order chi connectivity index (χ0) is 13.1. The van der Waals surface area contributed by atoms with Crippen LogP contribution in [0, 0.1) is 0 Å². The molecule has 5 nitrogen and oxygen atoms in total. The average molecular weight is 313 g/mol. The first kappa shape index (κ1) is 13.2. The molecule has 0 saturated carbocycles. The summed E-state index contributed by atoms with van der Waals surface area (Å²) in [6, 6.07) is 5.57. The van der Waals surface area contributed by atoms with Crippen LogP contribution in [0.5, 0.6) is 0 Å². The van der Waals surface area contributed by atoms with E-state index in [1.54, 1.807) is 18.8 Å². The third kappa shape index (κ3) is 2.60. The molecule has 0 aliphatic heterocycles. The molecule has 0 N–H and O–H groups in total. The van der Waals surface area contributed by atoms with Crippen LogP contribution in [0.2, 0.25) is 0 Å². The Bertz CT molecular complexity index is 608. The van der Waals surface area contributed by atoms with Crippen LogP contribution in [-0.2, 0) is 16.0 Å². The van der Waals surface area contributed by atoms with Crippen LogP contribution >= 0.6 is 15.9 Å². The molecule has 0 bridgehead atoms. The molecule has 6 heteroatoms. The summed E-state index contributed by atoms with van der Waals surface area (Å²) in [5.41, 5.74) is 1.32. The van der Waals surface area contributed by atoms with Gasteiger partial charge in [-0.2, -0.15) is 0 Å². The van der Waals surface area contributed by atoms with Gasteiger partial charge in [-0.25, -0.2) is 4.98 Å². The highest BCUT2D eigenvalue weighted by Gasteiger charge is 2.11. The lowest BCUT2D eigenvalue weighted by atomic mass is 10.3. The van der Waals surface area contributed by atoms with Crippen molar-refractivity contribution in [3.05, 3.63) is 39.2 Å². The van der Waals surface area contributed by atoms with Crippen LogP contribution < -0.4 is 5.56 Å². The van der Waals surface area contributed by atoms with Crippen LogP contribution in [0.1, 0.15) is 0 Å². The van der Waals surface area contributed by atoms with Crippen molar-refractivity contribution >= 4 is 27.0 Å². The second-order valence-electron chi connectivity index (χ2n) is 3.74. The minimum atomic E-state index is -0.461. The van der Waals surface area contributed by atoms with Gasteiger partial charge in [0.25, 0.3) is 5.56 Å². The van der Waals surface area contributed by atoms with Crippen LogP contribution in [0.25, 0.3) is 11.0 Å². The average Bonchev–Trinajstić information content (AvgIpc) is 2.38. The van der Waals surface area contributed by atoms with E-state index in [-0.39, 0.29) is 5.56 Å². The van der Waals surface area contributed by atoms with Crippen LogP contribution in [0.3, 0.4) is 0 Å². The Morgan fingerprint density at radius 1 is 1.39 bits per heavy atom. The maximum atomic E-state index is 11.9. The van der Waals surface area contributed by atoms with Gasteiger partial charge in [-0.1, -0.05) is 15.9 Å². The first-order valence-corrected chi connectivity index (χ1v) is 6.15. The van der Waals surface area contributed by atoms with E-state index >= 15 is 0 Å². The van der Waals surface area contributed by atoms with E-state index in [1.165, 1.54) is 6.20 Å². The monoisotopic (exact) mass is 312 g/mol. The molecule has 0 atom stereocenters. The Kier molecular flexibility index (Phi) is 4.11. The first-order chi connectivity index (χ1) is 8.65. The summed E-state index contributed by atoms with van der Waals surface area (Å²) in [6.45, 7) is 0.326. The molecule has 1 aromatic heterocycles. The lowest BCUT2D eigenvalue weighted by Gasteiger charge is -2.16. The van der Waals surface area contributed by atoms with Gasteiger partial charge in [0.15, 0.2) is 6.29 Å². The fourth-order valence-electron chi connectivity index (χ4n) is 1.72. The molecule has 1 aromatic carbocycles. The standard InChI is InChI=1S/C12H13BrN2O3/c1-17-12(18-2)7-15-10-4-3-8(13)5-9(10)14-6-11(15)16/h3-6,12H,7H2,1-2H3. The number of aromatic nitrogens is 2. The van der Waals surface area contributed by atoms with E-state index in [2.05, 4.69) is 20.9 Å². The smallest absolute Gasteiger partial charge is 0.269 e. The van der Waals surface area contributed by atoms with Crippen LogP contribution in [-0.4, -0.2) is 30.1 Å². The van der Waals surface area contributed by atoms with E-state index in [0.717, 1.165) is 15.5 Å². The molecule has 1 heterocycles. The lowest BCUT2D eigenvalue weighted by Crippen LogP contribution is -2.29. The number of nitrogens with zero attached hydrogens (tertiary/aromatic N) is 2. The normalized spacial score (nSPS) is 11.3. The summed E-state index contributed by atoms with van der Waals surface area (Å²) in [7, 11) is 3.08. The molecule has 0 unspecified atom stereocenters. The van der Waals surface area contributed by atoms with Gasteiger partial charge in [0.2, 0.25) is 0 Å². The molecule has 18 heavy (non-hydrogen) atoms. The summed E-state index contributed by atoms with van der Waals surface area (Å²) in [5.74, 6) is 0. The van der Waals surface area contributed by atoms with Crippen LogP contribution in [0.15, 0.2) is 33.7 Å². The fraction of sp³-hybridized carbons (Fsp3) is 0.333. The number of halogens is 1. The van der Waals surface area contributed by atoms with Gasteiger partial charge in [-0.05, 0) is 18.2 Å². The quantitative estimate of drug-likeness (QED) is 0.808.